The maximum Gasteiger partial charge on any atom is 0.164 e. The maximum atomic E-state index is 5.02. The number of rotatable bonds is 15. The SMILES string of the molecule is Cc1ccc2c(c1)C(C)(C)c1cc(-c3cc(-c4ccccc4)nc(-c4ccccc4)n3)ccc1-2.Cc1ccc2c(c1)C(C)(C)c1cc(-c3nc(-c4ccccc4)cc(-c4ccccc4)n3)ccc1-2.Cc1ccc2c(c1)C(C)(C)c1cc(-c3nc(-c4ccccc4)nc(-c4ccc(-c5ccccc5)cc4)n3)ccc1-2.Cc1cccc(-c2nc(-c3ccc(-c4ccccc4)cc3)nc(-c3ccc(-c4ccccc4)cc3)n2)c1. The third-order valence-corrected chi connectivity index (χ3v) is 28.3. The molecule has 0 amide bonds. The fourth-order valence-electron chi connectivity index (χ4n) is 20.4. The Morgan fingerprint density at radius 3 is 0.579 bits per heavy atom. The molecule has 0 unspecified atom stereocenters. The summed E-state index contributed by atoms with van der Waals surface area (Å²) in [6.45, 7) is 22.5. The van der Waals surface area contributed by atoms with Crippen molar-refractivity contribution in [3.63, 3.8) is 0 Å². The van der Waals surface area contributed by atoms with E-state index in [1.165, 1.54) is 106 Å². The summed E-state index contributed by atoms with van der Waals surface area (Å²) in [4.78, 5) is 49.6. The van der Waals surface area contributed by atoms with Gasteiger partial charge in [0.2, 0.25) is 0 Å². The molecule has 4 heterocycles. The molecule has 0 fully saturated rings. The molecule has 145 heavy (non-hydrogen) atoms. The molecule has 18 aromatic carbocycles. The summed E-state index contributed by atoms with van der Waals surface area (Å²) in [5.74, 6) is 5.52. The van der Waals surface area contributed by atoms with Gasteiger partial charge in [0.1, 0.15) is 0 Å². The van der Waals surface area contributed by atoms with E-state index in [1.54, 1.807) is 0 Å². The van der Waals surface area contributed by atoms with E-state index in [2.05, 4.69) is 433 Å². The van der Waals surface area contributed by atoms with Gasteiger partial charge in [-0.05, 0) is 164 Å². The van der Waals surface area contributed by atoms with Crippen molar-refractivity contribution < 1.29 is 0 Å². The second kappa shape index (κ2) is 39.3. The molecule has 0 N–H and O–H groups in total. The standard InChI is InChI=1S/C37H29N3.C34H25N3.2C32H26N2/c1-24-14-20-30-31-21-19-29(23-33(31)37(2,3)32(30)22-24)36-39-34(27-12-8-5-9-13-27)38-35(40-36)28-17-15-26(16-18-28)25-10-6-4-7-11-25;1-24-9-8-14-31(23-24)34-36-32(29-19-15-27(16-20-29)25-10-4-2-5-11-25)35-33(37-34)30-21-17-28(18-22-30)26-12-6-3-7-13-26;1-21-14-16-25-26-17-15-24(19-28(26)32(2,3)27(25)18-21)30-20-29(22-10-6-4-7-11-22)33-31(34-30)23-12-8-5-9-13-23;1-21-14-16-25-26-17-15-24(19-28(26)32(2,3)27(25)18-21)31-33-29(22-10-6-4-7-11-22)20-30(34-31)23-12-8-5-9-13-23/h4-23H,1-3H3;2-23H,1H3;2*4-20H,1-3H3. The average Bonchev–Trinajstić information content (AvgIpc) is 1.58. The molecule has 0 atom stereocenters. The molecule has 10 nitrogen and oxygen atoms in total. The first-order valence-electron chi connectivity index (χ1n) is 49.6. The van der Waals surface area contributed by atoms with Crippen LogP contribution < -0.4 is 0 Å². The van der Waals surface area contributed by atoms with Crippen molar-refractivity contribution in [3.05, 3.63) is 517 Å². The number of hydrogen-bond donors (Lipinski definition) is 0. The van der Waals surface area contributed by atoms with E-state index >= 15 is 0 Å². The minimum absolute atomic E-state index is 0.0513. The second-order valence-corrected chi connectivity index (χ2v) is 39.4. The average molecular weight is 1870 g/mol. The number of hydrogen-bond acceptors (Lipinski definition) is 10. The third-order valence-electron chi connectivity index (χ3n) is 28.3. The summed E-state index contributed by atoms with van der Waals surface area (Å²) in [5.41, 5.74) is 44.0. The van der Waals surface area contributed by atoms with Crippen LogP contribution in [0.2, 0.25) is 0 Å². The zero-order valence-electron chi connectivity index (χ0n) is 82.9. The molecule has 0 spiro atoms. The lowest BCUT2D eigenvalue weighted by Crippen LogP contribution is -2.15. The highest BCUT2D eigenvalue weighted by Crippen LogP contribution is 2.54. The summed E-state index contributed by atoms with van der Waals surface area (Å²) >= 11 is 0. The monoisotopic (exact) mass is 1870 g/mol. The lowest BCUT2D eigenvalue weighted by molar-refractivity contribution is 0.660. The van der Waals surface area contributed by atoms with Crippen LogP contribution in [-0.2, 0) is 16.2 Å². The van der Waals surface area contributed by atoms with Crippen molar-refractivity contribution in [2.45, 2.75) is 85.5 Å². The normalized spacial score (nSPS) is 12.6. The first-order valence-corrected chi connectivity index (χ1v) is 49.6. The largest absolute Gasteiger partial charge is 0.228 e. The third kappa shape index (κ3) is 19.0. The molecule has 3 aliphatic rings. The van der Waals surface area contributed by atoms with Crippen LogP contribution in [0, 0.1) is 27.7 Å². The molecule has 0 saturated heterocycles. The predicted octanol–water partition coefficient (Wildman–Crippen LogP) is 33.9. The van der Waals surface area contributed by atoms with Gasteiger partial charge in [-0.15, -0.1) is 0 Å². The van der Waals surface area contributed by atoms with Gasteiger partial charge in [-0.3, -0.25) is 0 Å². The molecule has 696 valence electrons. The van der Waals surface area contributed by atoms with Gasteiger partial charge in [0, 0.05) is 83.0 Å². The molecule has 22 aromatic rings. The Kier molecular flexibility index (Phi) is 25.0. The molecular formula is C135H106N10. The minimum Gasteiger partial charge on any atom is -0.228 e. The maximum absolute atomic E-state index is 5.02. The van der Waals surface area contributed by atoms with Gasteiger partial charge in [0.05, 0.1) is 22.8 Å². The van der Waals surface area contributed by atoms with E-state index < -0.39 is 0 Å². The van der Waals surface area contributed by atoms with E-state index in [0.29, 0.717) is 34.9 Å². The van der Waals surface area contributed by atoms with Crippen molar-refractivity contribution in [1.29, 1.82) is 0 Å². The molecule has 0 bridgehead atoms. The van der Waals surface area contributed by atoms with Crippen LogP contribution in [0.1, 0.15) is 97.2 Å². The zero-order chi connectivity index (χ0) is 98.9. The summed E-state index contributed by atoms with van der Waals surface area (Å²) in [6, 6.07) is 161. The molecule has 10 heteroatoms. The van der Waals surface area contributed by atoms with Crippen LogP contribution in [0.25, 0.3) is 203 Å². The van der Waals surface area contributed by atoms with Gasteiger partial charge >= 0.3 is 0 Å². The first kappa shape index (κ1) is 92.2. The molecule has 0 aliphatic heterocycles. The van der Waals surface area contributed by atoms with Gasteiger partial charge in [-0.1, -0.05) is 488 Å². The molecule has 0 saturated carbocycles. The van der Waals surface area contributed by atoms with Gasteiger partial charge in [0.15, 0.2) is 46.6 Å². The van der Waals surface area contributed by atoms with Gasteiger partial charge in [-0.25, -0.2) is 49.8 Å². The molecular weight excluding hydrogens is 1760 g/mol. The number of benzene rings is 18. The number of aromatic nitrogens is 10. The van der Waals surface area contributed by atoms with E-state index in [0.717, 1.165) is 118 Å². The lowest BCUT2D eigenvalue weighted by Gasteiger charge is -2.22. The van der Waals surface area contributed by atoms with E-state index in [9.17, 15) is 0 Å². The summed E-state index contributed by atoms with van der Waals surface area (Å²) in [5, 5.41) is 0. The van der Waals surface area contributed by atoms with Crippen molar-refractivity contribution in [3.8, 4) is 203 Å². The highest BCUT2D eigenvalue weighted by Gasteiger charge is 2.39. The van der Waals surface area contributed by atoms with E-state index in [1.807, 2.05) is 97.1 Å². The van der Waals surface area contributed by atoms with Crippen LogP contribution in [0.4, 0.5) is 0 Å². The Labute approximate surface area is 849 Å². The van der Waals surface area contributed by atoms with Crippen LogP contribution in [0.5, 0.6) is 0 Å². The number of nitrogens with zero attached hydrogens (tertiary/aromatic N) is 10. The Bertz CT molecular complexity index is 8080. The topological polar surface area (TPSA) is 129 Å². The highest BCUT2D eigenvalue weighted by molar-refractivity contribution is 5.89. The minimum atomic E-state index is -0.0991. The lowest BCUT2D eigenvalue weighted by atomic mass is 9.81. The smallest absolute Gasteiger partial charge is 0.164 e. The highest BCUT2D eigenvalue weighted by atomic mass is 15.0. The van der Waals surface area contributed by atoms with Crippen molar-refractivity contribution in [2.75, 3.05) is 0 Å². The van der Waals surface area contributed by atoms with Crippen LogP contribution >= 0.6 is 0 Å². The fourth-order valence-corrected chi connectivity index (χ4v) is 20.4. The van der Waals surface area contributed by atoms with Crippen LogP contribution in [0.3, 0.4) is 0 Å². The zero-order valence-corrected chi connectivity index (χ0v) is 82.9. The number of fused-ring (bicyclic) bond motifs is 9. The van der Waals surface area contributed by atoms with Gasteiger partial charge in [-0.2, -0.15) is 0 Å². The molecule has 4 aromatic heterocycles. The van der Waals surface area contributed by atoms with Gasteiger partial charge in [0.25, 0.3) is 0 Å². The summed E-state index contributed by atoms with van der Waals surface area (Å²) < 4.78 is 0. The molecule has 3 aliphatic carbocycles. The Balaban J connectivity index is 0.000000110. The quantitative estimate of drug-likeness (QED) is 0.0978. The Morgan fingerprint density at radius 2 is 0.297 bits per heavy atom. The second-order valence-electron chi connectivity index (χ2n) is 39.4. The molecule has 25 rings (SSSR count). The Hall–Kier alpha value is -17.9. The van der Waals surface area contributed by atoms with Crippen molar-refractivity contribution in [1.82, 2.24) is 49.8 Å². The van der Waals surface area contributed by atoms with E-state index in [4.69, 9.17) is 49.8 Å². The first-order chi connectivity index (χ1) is 70.7. The summed E-state index contributed by atoms with van der Waals surface area (Å²) in [7, 11) is 0. The predicted molar refractivity (Wildman–Crippen MR) is 597 cm³/mol. The van der Waals surface area contributed by atoms with Crippen molar-refractivity contribution >= 4 is 0 Å². The Morgan fingerprint density at radius 1 is 0.124 bits per heavy atom. The fraction of sp³-hybridized carbons (Fsp3) is 0.0963. The molecule has 0 radical (unpaired) electrons. The van der Waals surface area contributed by atoms with Crippen molar-refractivity contribution in [2.24, 2.45) is 0 Å². The summed E-state index contributed by atoms with van der Waals surface area (Å²) in [6.07, 6.45) is 0. The number of aryl methyl sites for hydroxylation is 4. The van der Waals surface area contributed by atoms with Crippen LogP contribution in [0.15, 0.2) is 461 Å². The van der Waals surface area contributed by atoms with Gasteiger partial charge < -0.3 is 0 Å². The van der Waals surface area contributed by atoms with E-state index in [-0.39, 0.29) is 16.2 Å². The van der Waals surface area contributed by atoms with Crippen LogP contribution in [-0.4, -0.2) is 49.8 Å².